The van der Waals surface area contributed by atoms with Crippen LogP contribution < -0.4 is 5.32 Å². The fourth-order valence-electron chi connectivity index (χ4n) is 1.32. The highest BCUT2D eigenvalue weighted by atomic mass is 15.1. The van der Waals surface area contributed by atoms with Crippen molar-refractivity contribution in [1.29, 1.82) is 0 Å². The Morgan fingerprint density at radius 2 is 2.33 bits per heavy atom. The molecule has 0 spiro atoms. The lowest BCUT2D eigenvalue weighted by molar-refractivity contribution is 0.269. The molecule has 1 rings (SSSR count). The molecule has 1 aromatic heterocycles. The van der Waals surface area contributed by atoms with E-state index in [2.05, 4.69) is 41.3 Å². The van der Waals surface area contributed by atoms with Gasteiger partial charge in [0.2, 0.25) is 0 Å². The zero-order valence-corrected chi connectivity index (χ0v) is 9.95. The maximum atomic E-state index is 3.90. The first-order valence-electron chi connectivity index (χ1n) is 5.59. The van der Waals surface area contributed by atoms with Crippen molar-refractivity contribution in [2.45, 2.75) is 32.9 Å². The van der Waals surface area contributed by atoms with Gasteiger partial charge in [0.25, 0.3) is 0 Å². The van der Waals surface area contributed by atoms with Gasteiger partial charge in [-0.25, -0.2) is 0 Å². The summed E-state index contributed by atoms with van der Waals surface area (Å²) in [6.45, 7) is 7.52. The van der Waals surface area contributed by atoms with Crippen LogP contribution in [-0.4, -0.2) is 41.3 Å². The number of nitrogens with one attached hydrogen (secondary N) is 2. The van der Waals surface area contributed by atoms with E-state index in [4.69, 9.17) is 0 Å². The molecule has 4 nitrogen and oxygen atoms in total. The van der Waals surface area contributed by atoms with Crippen LogP contribution in [0, 0.1) is 0 Å². The van der Waals surface area contributed by atoms with Crippen molar-refractivity contribution in [3.05, 3.63) is 18.0 Å². The third-order valence-corrected chi connectivity index (χ3v) is 2.62. The van der Waals surface area contributed by atoms with Crippen LogP contribution in [0.1, 0.15) is 26.0 Å². The summed E-state index contributed by atoms with van der Waals surface area (Å²) in [7, 11) is 2.17. The molecule has 0 saturated heterocycles. The molecule has 0 unspecified atom stereocenters. The molecule has 4 heteroatoms. The monoisotopic (exact) mass is 210 g/mol. The van der Waals surface area contributed by atoms with Crippen molar-refractivity contribution in [2.75, 3.05) is 20.1 Å². The van der Waals surface area contributed by atoms with Gasteiger partial charge in [0.1, 0.15) is 0 Å². The van der Waals surface area contributed by atoms with E-state index in [0.717, 1.165) is 25.3 Å². The Kier molecular flexibility index (Phi) is 5.36. The number of hydrogen-bond donors (Lipinski definition) is 2. The molecule has 0 aliphatic carbocycles. The van der Waals surface area contributed by atoms with Crippen molar-refractivity contribution in [2.24, 2.45) is 0 Å². The van der Waals surface area contributed by atoms with Gasteiger partial charge in [0.05, 0.1) is 0 Å². The maximum Gasteiger partial charge on any atom is 0.0490 e. The quantitative estimate of drug-likeness (QED) is 0.665. The van der Waals surface area contributed by atoms with Gasteiger partial charge in [-0.2, -0.15) is 5.10 Å². The van der Waals surface area contributed by atoms with E-state index >= 15 is 0 Å². The van der Waals surface area contributed by atoms with E-state index in [0.29, 0.717) is 6.04 Å². The summed E-state index contributed by atoms with van der Waals surface area (Å²) < 4.78 is 0. The predicted octanol–water partition coefficient (Wildman–Crippen LogP) is 1.23. The fourth-order valence-corrected chi connectivity index (χ4v) is 1.32. The number of nitrogens with zero attached hydrogens (tertiary/aromatic N) is 2. The normalized spacial score (nSPS) is 11.5. The molecule has 2 N–H and O–H groups in total. The molecule has 0 radical (unpaired) electrons. The van der Waals surface area contributed by atoms with Crippen molar-refractivity contribution in [3.8, 4) is 0 Å². The standard InChI is InChI=1S/C11H22N4/c1-10(2)15(3)8-4-6-12-9-11-5-7-13-14-11/h5,7,10,12H,4,6,8-9H2,1-3H3,(H,13,14). The van der Waals surface area contributed by atoms with Crippen molar-refractivity contribution in [1.82, 2.24) is 20.4 Å². The molecule has 1 aromatic rings. The van der Waals surface area contributed by atoms with E-state index in [1.54, 1.807) is 6.20 Å². The minimum atomic E-state index is 0.637. The second kappa shape index (κ2) is 6.58. The molecule has 0 aromatic carbocycles. The second-order valence-corrected chi connectivity index (χ2v) is 4.19. The van der Waals surface area contributed by atoms with E-state index in [1.165, 1.54) is 6.42 Å². The molecular formula is C11H22N4. The molecule has 0 atom stereocenters. The van der Waals surface area contributed by atoms with Gasteiger partial charge in [0.15, 0.2) is 0 Å². The summed E-state index contributed by atoms with van der Waals surface area (Å²) in [5, 5.41) is 10.2. The average Bonchev–Trinajstić information content (AvgIpc) is 2.69. The summed E-state index contributed by atoms with van der Waals surface area (Å²) in [6.07, 6.45) is 2.96. The highest BCUT2D eigenvalue weighted by Crippen LogP contribution is 1.95. The highest BCUT2D eigenvalue weighted by molar-refractivity contribution is 4.96. The third kappa shape index (κ3) is 4.95. The van der Waals surface area contributed by atoms with E-state index in [-0.39, 0.29) is 0 Å². The molecule has 0 aliphatic rings. The summed E-state index contributed by atoms with van der Waals surface area (Å²) in [5.74, 6) is 0. The maximum absolute atomic E-state index is 3.90. The SMILES string of the molecule is CC(C)N(C)CCCNCc1ccn[nH]1. The molecule has 0 fully saturated rings. The summed E-state index contributed by atoms with van der Waals surface area (Å²) in [4.78, 5) is 2.36. The van der Waals surface area contributed by atoms with Gasteiger partial charge in [-0.1, -0.05) is 0 Å². The summed E-state index contributed by atoms with van der Waals surface area (Å²) >= 11 is 0. The number of hydrogen-bond acceptors (Lipinski definition) is 3. The summed E-state index contributed by atoms with van der Waals surface area (Å²) in [6, 6.07) is 2.63. The van der Waals surface area contributed by atoms with Gasteiger partial charge in [-0.05, 0) is 46.5 Å². The van der Waals surface area contributed by atoms with E-state index < -0.39 is 0 Å². The van der Waals surface area contributed by atoms with Crippen LogP contribution in [0.2, 0.25) is 0 Å². The van der Waals surface area contributed by atoms with Crippen LogP contribution in [0.3, 0.4) is 0 Å². The van der Waals surface area contributed by atoms with Gasteiger partial charge in [0, 0.05) is 24.5 Å². The Morgan fingerprint density at radius 3 is 2.93 bits per heavy atom. The van der Waals surface area contributed by atoms with Crippen LogP contribution in [-0.2, 0) is 6.54 Å². The first-order chi connectivity index (χ1) is 7.20. The van der Waals surface area contributed by atoms with Gasteiger partial charge < -0.3 is 10.2 Å². The Balaban J connectivity index is 1.98. The molecule has 1 heterocycles. The lowest BCUT2D eigenvalue weighted by Gasteiger charge is -2.20. The van der Waals surface area contributed by atoms with Gasteiger partial charge >= 0.3 is 0 Å². The molecular weight excluding hydrogens is 188 g/mol. The minimum absolute atomic E-state index is 0.637. The zero-order valence-electron chi connectivity index (χ0n) is 9.95. The van der Waals surface area contributed by atoms with Crippen molar-refractivity contribution in [3.63, 3.8) is 0 Å². The van der Waals surface area contributed by atoms with E-state index in [9.17, 15) is 0 Å². The smallest absolute Gasteiger partial charge is 0.0490 e. The van der Waals surface area contributed by atoms with Crippen LogP contribution >= 0.6 is 0 Å². The Morgan fingerprint density at radius 1 is 1.53 bits per heavy atom. The minimum Gasteiger partial charge on any atom is -0.311 e. The molecule has 86 valence electrons. The molecule has 15 heavy (non-hydrogen) atoms. The fraction of sp³-hybridized carbons (Fsp3) is 0.727. The Bertz CT molecular complexity index is 243. The molecule has 0 saturated carbocycles. The number of aromatic amines is 1. The van der Waals surface area contributed by atoms with Gasteiger partial charge in [-0.15, -0.1) is 0 Å². The van der Waals surface area contributed by atoms with Gasteiger partial charge in [-0.3, -0.25) is 5.10 Å². The van der Waals surface area contributed by atoms with E-state index in [1.807, 2.05) is 6.07 Å². The molecule has 0 amide bonds. The van der Waals surface area contributed by atoms with Crippen LogP contribution in [0.15, 0.2) is 12.3 Å². The topological polar surface area (TPSA) is 44.0 Å². The number of aromatic nitrogens is 2. The van der Waals surface area contributed by atoms with Crippen LogP contribution in [0.5, 0.6) is 0 Å². The summed E-state index contributed by atoms with van der Waals surface area (Å²) in [5.41, 5.74) is 1.15. The van der Waals surface area contributed by atoms with Crippen molar-refractivity contribution < 1.29 is 0 Å². The number of H-pyrrole nitrogens is 1. The highest BCUT2D eigenvalue weighted by Gasteiger charge is 2.01. The molecule has 0 bridgehead atoms. The van der Waals surface area contributed by atoms with Crippen molar-refractivity contribution >= 4 is 0 Å². The lowest BCUT2D eigenvalue weighted by Crippen LogP contribution is -2.29. The van der Waals surface area contributed by atoms with Crippen LogP contribution in [0.25, 0.3) is 0 Å². The molecule has 0 aliphatic heterocycles. The first kappa shape index (κ1) is 12.2. The third-order valence-electron chi connectivity index (χ3n) is 2.62. The first-order valence-corrected chi connectivity index (χ1v) is 5.59. The average molecular weight is 210 g/mol. The number of rotatable bonds is 7. The zero-order chi connectivity index (χ0) is 11.1. The Labute approximate surface area is 92.1 Å². The lowest BCUT2D eigenvalue weighted by atomic mass is 10.3. The second-order valence-electron chi connectivity index (χ2n) is 4.19. The largest absolute Gasteiger partial charge is 0.311 e. The predicted molar refractivity (Wildman–Crippen MR) is 62.7 cm³/mol. The Hall–Kier alpha value is -0.870. The van der Waals surface area contributed by atoms with Crippen LogP contribution in [0.4, 0.5) is 0 Å².